The number of amides is 1. The van der Waals surface area contributed by atoms with Gasteiger partial charge in [0.25, 0.3) is 11.6 Å². The summed E-state index contributed by atoms with van der Waals surface area (Å²) in [6.45, 7) is 0.516. The second kappa shape index (κ2) is 4.91. The number of fused-ring (bicyclic) bond motifs is 2. The number of nitro groups is 1. The van der Waals surface area contributed by atoms with E-state index in [0.717, 1.165) is 10.9 Å². The Balaban J connectivity index is 1.77. The monoisotopic (exact) mass is 308 g/mol. The molecule has 0 spiro atoms. The number of carbonyl (C=O) groups is 1. The maximum absolute atomic E-state index is 12.9. The number of carbonyl (C=O) groups excluding carboxylic acids is 1. The van der Waals surface area contributed by atoms with E-state index in [2.05, 4.69) is 9.97 Å². The summed E-state index contributed by atoms with van der Waals surface area (Å²) in [5.74, 6) is -0.177. The van der Waals surface area contributed by atoms with Gasteiger partial charge in [-0.25, -0.2) is 4.98 Å². The Kier molecular flexibility index (Phi) is 2.87. The molecule has 0 fully saturated rings. The van der Waals surface area contributed by atoms with E-state index in [1.54, 1.807) is 29.4 Å². The predicted molar refractivity (Wildman–Crippen MR) is 84.6 cm³/mol. The van der Waals surface area contributed by atoms with Crippen LogP contribution in [0, 0.1) is 10.1 Å². The molecule has 1 amide bonds. The Morgan fingerprint density at radius 3 is 3.04 bits per heavy atom. The van der Waals surface area contributed by atoms with Crippen LogP contribution in [-0.4, -0.2) is 27.3 Å². The number of hydrogen-bond acceptors (Lipinski definition) is 4. The zero-order valence-corrected chi connectivity index (χ0v) is 12.0. The number of H-pyrrole nitrogens is 1. The molecule has 0 radical (unpaired) electrons. The molecule has 0 atom stereocenters. The smallest absolute Gasteiger partial charge is 0.271 e. The molecule has 3 aromatic rings. The Morgan fingerprint density at radius 2 is 2.22 bits per heavy atom. The van der Waals surface area contributed by atoms with Gasteiger partial charge in [-0.05, 0) is 24.1 Å². The summed E-state index contributed by atoms with van der Waals surface area (Å²) >= 11 is 0. The molecule has 1 aromatic carbocycles. The van der Waals surface area contributed by atoms with Gasteiger partial charge in [0, 0.05) is 36.5 Å². The Hall–Kier alpha value is -3.22. The lowest BCUT2D eigenvalue weighted by Crippen LogP contribution is -2.28. The number of aromatic amines is 1. The van der Waals surface area contributed by atoms with Crippen LogP contribution in [-0.2, 0) is 6.42 Å². The maximum atomic E-state index is 12.9. The van der Waals surface area contributed by atoms with Crippen LogP contribution < -0.4 is 4.90 Å². The van der Waals surface area contributed by atoms with Gasteiger partial charge < -0.3 is 9.88 Å². The second-order valence-electron chi connectivity index (χ2n) is 5.38. The third-order valence-electron chi connectivity index (χ3n) is 4.10. The maximum Gasteiger partial charge on any atom is 0.271 e. The summed E-state index contributed by atoms with van der Waals surface area (Å²) < 4.78 is 0. The number of rotatable bonds is 2. The van der Waals surface area contributed by atoms with E-state index in [1.807, 2.05) is 6.07 Å². The molecule has 0 saturated carbocycles. The number of non-ortho nitro benzene ring substituents is 1. The number of hydrogen-bond donors (Lipinski definition) is 1. The highest BCUT2D eigenvalue weighted by molar-refractivity contribution is 6.14. The Labute approximate surface area is 130 Å². The summed E-state index contributed by atoms with van der Waals surface area (Å²) in [5.41, 5.74) is 2.72. The van der Waals surface area contributed by atoms with Crippen molar-refractivity contribution in [3.63, 3.8) is 0 Å². The number of pyridine rings is 1. The third-order valence-corrected chi connectivity index (χ3v) is 4.10. The number of nitro benzene ring substituents is 1. The molecule has 23 heavy (non-hydrogen) atoms. The lowest BCUT2D eigenvalue weighted by Gasteiger charge is -2.16. The van der Waals surface area contributed by atoms with Crippen molar-refractivity contribution >= 4 is 28.3 Å². The minimum atomic E-state index is -0.448. The average molecular weight is 308 g/mol. The van der Waals surface area contributed by atoms with Crippen molar-refractivity contribution < 1.29 is 9.72 Å². The number of nitrogens with one attached hydrogen (secondary N) is 1. The summed E-state index contributed by atoms with van der Waals surface area (Å²) in [6, 6.07) is 8.26. The van der Waals surface area contributed by atoms with E-state index in [9.17, 15) is 14.9 Å². The predicted octanol–water partition coefficient (Wildman–Crippen LogP) is 2.67. The molecule has 0 aliphatic carbocycles. The third kappa shape index (κ3) is 2.05. The van der Waals surface area contributed by atoms with Gasteiger partial charge in [-0.2, -0.15) is 0 Å². The van der Waals surface area contributed by atoms with E-state index in [0.29, 0.717) is 29.9 Å². The van der Waals surface area contributed by atoms with Crippen LogP contribution in [0.15, 0.2) is 42.7 Å². The fraction of sp³-hybridized carbons (Fsp3) is 0.125. The molecule has 0 unspecified atom stereocenters. The van der Waals surface area contributed by atoms with Crippen molar-refractivity contribution in [1.29, 1.82) is 0 Å². The topological polar surface area (TPSA) is 92.1 Å². The van der Waals surface area contributed by atoms with Crippen molar-refractivity contribution in [3.05, 3.63) is 64.0 Å². The van der Waals surface area contributed by atoms with Gasteiger partial charge in [0.2, 0.25) is 0 Å². The molecule has 1 aliphatic rings. The molecule has 114 valence electrons. The van der Waals surface area contributed by atoms with Crippen LogP contribution in [0.1, 0.15) is 15.9 Å². The largest absolute Gasteiger partial charge is 0.345 e. The van der Waals surface area contributed by atoms with Crippen LogP contribution in [0.25, 0.3) is 11.0 Å². The highest BCUT2D eigenvalue weighted by Gasteiger charge is 2.28. The van der Waals surface area contributed by atoms with Crippen molar-refractivity contribution in [2.24, 2.45) is 0 Å². The summed E-state index contributed by atoms with van der Waals surface area (Å²) in [6.07, 6.45) is 3.98. The van der Waals surface area contributed by atoms with Crippen molar-refractivity contribution in [2.75, 3.05) is 11.4 Å². The minimum Gasteiger partial charge on any atom is -0.345 e. The van der Waals surface area contributed by atoms with Gasteiger partial charge >= 0.3 is 0 Å². The quantitative estimate of drug-likeness (QED) is 0.582. The first-order valence-corrected chi connectivity index (χ1v) is 7.16. The van der Waals surface area contributed by atoms with Crippen LogP contribution in [0.3, 0.4) is 0 Å². The van der Waals surface area contributed by atoms with Crippen LogP contribution in [0.4, 0.5) is 11.4 Å². The molecule has 3 heterocycles. The molecule has 1 N–H and O–H groups in total. The Morgan fingerprint density at radius 1 is 1.35 bits per heavy atom. The van der Waals surface area contributed by atoms with Gasteiger partial charge in [0.1, 0.15) is 5.65 Å². The van der Waals surface area contributed by atoms with Crippen LogP contribution in [0.5, 0.6) is 0 Å². The second-order valence-corrected chi connectivity index (χ2v) is 5.38. The summed E-state index contributed by atoms with van der Waals surface area (Å²) in [5, 5.41) is 11.7. The SMILES string of the molecule is O=C(c1c[nH]c2ncccc12)N1CCc2ccc([N+](=O)[O-])cc21. The molecule has 0 saturated heterocycles. The average Bonchev–Trinajstić information content (AvgIpc) is 3.17. The molecule has 7 heteroatoms. The van der Waals surface area contributed by atoms with Gasteiger partial charge in [-0.15, -0.1) is 0 Å². The van der Waals surface area contributed by atoms with E-state index in [-0.39, 0.29) is 11.6 Å². The van der Waals surface area contributed by atoms with Gasteiger partial charge in [-0.1, -0.05) is 6.07 Å². The molecule has 0 bridgehead atoms. The highest BCUT2D eigenvalue weighted by Crippen LogP contribution is 2.33. The first-order chi connectivity index (χ1) is 11.1. The minimum absolute atomic E-state index is 0.0101. The summed E-state index contributed by atoms with van der Waals surface area (Å²) in [7, 11) is 0. The molecular formula is C16H12N4O3. The van der Waals surface area contributed by atoms with Crippen LogP contribution in [0.2, 0.25) is 0 Å². The number of aromatic nitrogens is 2. The van der Waals surface area contributed by atoms with Crippen molar-refractivity contribution in [1.82, 2.24) is 9.97 Å². The van der Waals surface area contributed by atoms with Crippen molar-refractivity contribution in [3.8, 4) is 0 Å². The number of anilines is 1. The lowest BCUT2D eigenvalue weighted by atomic mass is 10.1. The van der Waals surface area contributed by atoms with Gasteiger partial charge in [0.15, 0.2) is 0 Å². The zero-order valence-electron chi connectivity index (χ0n) is 12.0. The van der Waals surface area contributed by atoms with E-state index in [1.165, 1.54) is 12.1 Å². The molecule has 4 rings (SSSR count). The first kappa shape index (κ1) is 13.4. The first-order valence-electron chi connectivity index (χ1n) is 7.16. The molecule has 1 aliphatic heterocycles. The lowest BCUT2D eigenvalue weighted by molar-refractivity contribution is -0.384. The standard InChI is InChI=1S/C16H12N4O3/c21-16(13-9-18-15-12(13)2-1-6-17-15)19-7-5-10-3-4-11(20(22)23)8-14(10)19/h1-4,6,8-9H,5,7H2,(H,17,18). The fourth-order valence-corrected chi connectivity index (χ4v) is 2.97. The fourth-order valence-electron chi connectivity index (χ4n) is 2.97. The van der Waals surface area contributed by atoms with E-state index in [4.69, 9.17) is 0 Å². The zero-order chi connectivity index (χ0) is 16.0. The van der Waals surface area contributed by atoms with E-state index < -0.39 is 4.92 Å². The molecular weight excluding hydrogens is 296 g/mol. The van der Waals surface area contributed by atoms with Crippen LogP contribution >= 0.6 is 0 Å². The summed E-state index contributed by atoms with van der Waals surface area (Å²) in [4.78, 5) is 32.1. The highest BCUT2D eigenvalue weighted by atomic mass is 16.6. The normalized spacial score (nSPS) is 13.3. The van der Waals surface area contributed by atoms with Crippen molar-refractivity contribution in [2.45, 2.75) is 6.42 Å². The molecule has 7 nitrogen and oxygen atoms in total. The van der Waals surface area contributed by atoms with Gasteiger partial charge in [0.05, 0.1) is 16.2 Å². The number of nitrogens with zero attached hydrogens (tertiary/aromatic N) is 3. The molecule has 2 aromatic heterocycles. The Bertz CT molecular complexity index is 947. The van der Waals surface area contributed by atoms with Gasteiger partial charge in [-0.3, -0.25) is 14.9 Å². The number of benzene rings is 1. The van der Waals surface area contributed by atoms with E-state index >= 15 is 0 Å².